The molecule has 0 aliphatic heterocycles. The first kappa shape index (κ1) is 45.5. The second kappa shape index (κ2) is 30.5. The molecule has 47 heavy (non-hydrogen) atoms. The number of unbranched alkanes of at least 4 members (excludes halogenated alkanes) is 15. The summed E-state index contributed by atoms with van der Waals surface area (Å²) in [6, 6.07) is 0. The van der Waals surface area contributed by atoms with E-state index in [-0.39, 0.29) is 32.0 Å². The molecule has 0 aliphatic rings. The zero-order valence-corrected chi connectivity index (χ0v) is 31.7. The summed E-state index contributed by atoms with van der Waals surface area (Å²) in [4.78, 5) is 35.1. The van der Waals surface area contributed by atoms with Gasteiger partial charge in [0, 0.05) is 12.8 Å². The first-order valence-electron chi connectivity index (χ1n) is 18.6. The van der Waals surface area contributed by atoms with Crippen LogP contribution < -0.4 is 0 Å². The van der Waals surface area contributed by atoms with Crippen LogP contribution in [0.2, 0.25) is 0 Å². The van der Waals surface area contributed by atoms with Crippen LogP contribution in [-0.2, 0) is 32.7 Å². The normalized spacial score (nSPS) is 14.1. The van der Waals surface area contributed by atoms with Crippen LogP contribution in [0.1, 0.15) is 149 Å². The van der Waals surface area contributed by atoms with Gasteiger partial charge >= 0.3 is 19.8 Å². The fraction of sp³-hybridized carbons (Fsp3) is 0.838. The summed E-state index contributed by atoms with van der Waals surface area (Å²) in [5, 5.41) is 0. The number of esters is 2. The number of phosphoric acid groups is 1. The van der Waals surface area contributed by atoms with Crippen molar-refractivity contribution in [2.45, 2.75) is 155 Å². The minimum absolute atomic E-state index is 0.0293. The third-order valence-corrected chi connectivity index (χ3v) is 8.67. The zero-order chi connectivity index (χ0) is 35.1. The van der Waals surface area contributed by atoms with E-state index in [1.165, 1.54) is 38.5 Å². The van der Waals surface area contributed by atoms with Crippen LogP contribution in [0.4, 0.5) is 0 Å². The van der Waals surface area contributed by atoms with E-state index < -0.39 is 26.5 Å². The maximum atomic E-state index is 12.6. The number of likely N-dealkylation sites (N-methyl/N-ethyl adjacent to an activating group) is 1. The van der Waals surface area contributed by atoms with E-state index in [9.17, 15) is 19.0 Å². The highest BCUT2D eigenvalue weighted by molar-refractivity contribution is 7.47. The van der Waals surface area contributed by atoms with Gasteiger partial charge in [-0.15, -0.1) is 0 Å². The summed E-state index contributed by atoms with van der Waals surface area (Å²) in [7, 11) is 1.46. The minimum atomic E-state index is -4.36. The molecule has 0 aromatic rings. The zero-order valence-electron chi connectivity index (χ0n) is 30.8. The van der Waals surface area contributed by atoms with Crippen LogP contribution >= 0.6 is 7.82 Å². The van der Waals surface area contributed by atoms with Gasteiger partial charge < -0.3 is 18.9 Å². The molecule has 0 fully saturated rings. The van der Waals surface area contributed by atoms with Crippen LogP contribution in [0.3, 0.4) is 0 Å². The van der Waals surface area contributed by atoms with Crippen LogP contribution in [0, 0.1) is 0 Å². The molecule has 1 N–H and O–H groups in total. The van der Waals surface area contributed by atoms with Crippen molar-refractivity contribution in [3.63, 3.8) is 0 Å². The number of ether oxygens (including phenoxy) is 2. The lowest BCUT2D eigenvalue weighted by atomic mass is 10.1. The van der Waals surface area contributed by atoms with Crippen molar-refractivity contribution in [3.05, 3.63) is 24.3 Å². The van der Waals surface area contributed by atoms with Crippen molar-refractivity contribution >= 4 is 19.8 Å². The van der Waals surface area contributed by atoms with Gasteiger partial charge in [-0.2, -0.15) is 0 Å². The molecule has 0 aromatic heterocycles. The molecule has 0 saturated heterocycles. The van der Waals surface area contributed by atoms with E-state index in [0.717, 1.165) is 77.0 Å². The van der Waals surface area contributed by atoms with Crippen LogP contribution in [-0.4, -0.2) is 74.9 Å². The summed E-state index contributed by atoms with van der Waals surface area (Å²) in [5.41, 5.74) is 0. The average molecular weight is 689 g/mol. The summed E-state index contributed by atoms with van der Waals surface area (Å²) in [6.45, 7) is 4.30. The Morgan fingerprint density at radius 1 is 0.638 bits per heavy atom. The van der Waals surface area contributed by atoms with Crippen molar-refractivity contribution in [2.75, 3.05) is 47.5 Å². The molecule has 10 heteroatoms. The number of nitrogens with zero attached hydrogens (tertiary/aromatic N) is 1. The molecule has 9 nitrogen and oxygen atoms in total. The maximum absolute atomic E-state index is 12.6. The van der Waals surface area contributed by atoms with Gasteiger partial charge in [0.15, 0.2) is 6.10 Å². The molecule has 276 valence electrons. The number of phosphoric ester groups is 1. The Bertz CT molecular complexity index is 871. The molecule has 2 atom stereocenters. The van der Waals surface area contributed by atoms with Crippen LogP contribution in [0.25, 0.3) is 0 Å². The molecule has 0 saturated carbocycles. The largest absolute Gasteiger partial charge is 0.472 e. The molecular formula is C37H71NO8P+. The lowest BCUT2D eigenvalue weighted by molar-refractivity contribution is -0.870. The molecule has 0 radical (unpaired) electrons. The van der Waals surface area contributed by atoms with E-state index in [0.29, 0.717) is 17.4 Å². The van der Waals surface area contributed by atoms with Crippen LogP contribution in [0.5, 0.6) is 0 Å². The van der Waals surface area contributed by atoms with Crippen molar-refractivity contribution in [1.29, 1.82) is 0 Å². The van der Waals surface area contributed by atoms with Gasteiger partial charge in [0.2, 0.25) is 0 Å². The van der Waals surface area contributed by atoms with E-state index in [1.54, 1.807) is 0 Å². The number of carbonyl (C=O) groups excluding carboxylic acids is 2. The monoisotopic (exact) mass is 688 g/mol. The Kier molecular flexibility index (Phi) is 29.6. The average Bonchev–Trinajstić information content (AvgIpc) is 3.01. The number of allylic oxidation sites excluding steroid dienone is 4. The van der Waals surface area contributed by atoms with Crippen molar-refractivity contribution < 1.29 is 42.1 Å². The summed E-state index contributed by atoms with van der Waals surface area (Å²) in [6.07, 6.45) is 29.4. The number of rotatable bonds is 33. The van der Waals surface area contributed by atoms with E-state index >= 15 is 0 Å². The fourth-order valence-corrected chi connectivity index (χ4v) is 5.46. The molecule has 0 bridgehead atoms. The van der Waals surface area contributed by atoms with Crippen molar-refractivity contribution in [3.8, 4) is 0 Å². The molecule has 0 amide bonds. The maximum Gasteiger partial charge on any atom is 0.472 e. The molecule has 0 aromatic carbocycles. The lowest BCUT2D eigenvalue weighted by Crippen LogP contribution is -2.37. The van der Waals surface area contributed by atoms with Gasteiger partial charge in [0.25, 0.3) is 0 Å². The highest BCUT2D eigenvalue weighted by atomic mass is 31.2. The standard InChI is InChI=1S/C37H70NO8P/c1-6-8-10-12-14-16-18-19-20-22-23-25-27-29-36(39)43-33-35(34-45-47(41,42)44-32-31-38(3,4)5)46-37(40)30-28-26-24-21-17-15-13-11-9-7-2/h11,13,16,18,35H,6-10,12,14-15,17,19-34H2,1-5H3/p+1/b13-11+,18-16-/t35-/m1/s1. The highest BCUT2D eigenvalue weighted by Gasteiger charge is 2.27. The molecule has 0 spiro atoms. The Morgan fingerprint density at radius 3 is 1.66 bits per heavy atom. The predicted molar refractivity (Wildman–Crippen MR) is 192 cm³/mol. The Morgan fingerprint density at radius 2 is 1.13 bits per heavy atom. The number of quaternary nitrogens is 1. The Hall–Kier alpha value is -1.51. The third kappa shape index (κ3) is 34.2. The molecule has 0 aliphatic carbocycles. The molecule has 0 heterocycles. The van der Waals surface area contributed by atoms with Crippen molar-refractivity contribution in [2.24, 2.45) is 0 Å². The van der Waals surface area contributed by atoms with Gasteiger partial charge in [-0.25, -0.2) is 4.57 Å². The number of carbonyl (C=O) groups is 2. The number of hydrogen-bond acceptors (Lipinski definition) is 7. The van der Waals surface area contributed by atoms with Gasteiger partial charge in [-0.05, 0) is 57.8 Å². The van der Waals surface area contributed by atoms with E-state index in [1.807, 2.05) is 21.1 Å². The topological polar surface area (TPSA) is 108 Å². The summed E-state index contributed by atoms with van der Waals surface area (Å²) < 4.78 is 34.1. The predicted octanol–water partition coefficient (Wildman–Crippen LogP) is 9.63. The lowest BCUT2D eigenvalue weighted by Gasteiger charge is -2.24. The Labute approximate surface area is 288 Å². The molecule has 0 rings (SSSR count). The fourth-order valence-electron chi connectivity index (χ4n) is 4.71. The first-order chi connectivity index (χ1) is 22.5. The third-order valence-electron chi connectivity index (χ3n) is 7.68. The van der Waals surface area contributed by atoms with Gasteiger partial charge in [0.05, 0.1) is 27.7 Å². The molecule has 1 unspecified atom stereocenters. The Balaban J connectivity index is 4.47. The summed E-state index contributed by atoms with van der Waals surface area (Å²) >= 11 is 0. The summed E-state index contributed by atoms with van der Waals surface area (Å²) in [5.74, 6) is -0.824. The SMILES string of the molecule is CCC/C=C/CCCCCCCC(=O)O[C@H](COC(=O)CCCCCCC/C=C\CCCCCC)COP(=O)(O)OCC[N+](C)(C)C. The van der Waals surface area contributed by atoms with Crippen molar-refractivity contribution in [1.82, 2.24) is 0 Å². The van der Waals surface area contributed by atoms with Gasteiger partial charge in [0.1, 0.15) is 19.8 Å². The van der Waals surface area contributed by atoms with Gasteiger partial charge in [-0.1, -0.05) is 102 Å². The smallest absolute Gasteiger partial charge is 0.462 e. The van der Waals surface area contributed by atoms with Gasteiger partial charge in [-0.3, -0.25) is 18.6 Å². The van der Waals surface area contributed by atoms with E-state index in [4.69, 9.17) is 18.5 Å². The number of hydrogen-bond donors (Lipinski definition) is 1. The highest BCUT2D eigenvalue weighted by Crippen LogP contribution is 2.43. The second-order valence-corrected chi connectivity index (χ2v) is 15.1. The second-order valence-electron chi connectivity index (χ2n) is 13.6. The molecular weight excluding hydrogens is 617 g/mol. The van der Waals surface area contributed by atoms with E-state index in [2.05, 4.69) is 38.2 Å². The van der Waals surface area contributed by atoms with Crippen LogP contribution in [0.15, 0.2) is 24.3 Å². The first-order valence-corrected chi connectivity index (χ1v) is 20.1. The minimum Gasteiger partial charge on any atom is -0.462 e. The quantitative estimate of drug-likeness (QED) is 0.0239.